The van der Waals surface area contributed by atoms with Gasteiger partial charge in [0.1, 0.15) is 0 Å². The molecule has 1 N–H and O–H groups in total. The minimum Gasteiger partial charge on any atom is -0.379 e. The second-order valence-electron chi connectivity index (χ2n) is 5.13. The molecule has 0 aliphatic carbocycles. The predicted molar refractivity (Wildman–Crippen MR) is 76.4 cm³/mol. The van der Waals surface area contributed by atoms with Gasteiger partial charge < -0.3 is 10.1 Å². The van der Waals surface area contributed by atoms with Crippen LogP contribution in [0, 0.1) is 13.8 Å². The molecule has 0 saturated carbocycles. The zero-order chi connectivity index (χ0) is 13.8. The summed E-state index contributed by atoms with van der Waals surface area (Å²) in [5, 5.41) is 3.03. The molecule has 1 amide bonds. The lowest BCUT2D eigenvalue weighted by molar-refractivity contribution is -0.122. The molecule has 1 aromatic rings. The molecule has 1 fully saturated rings. The topological polar surface area (TPSA) is 41.6 Å². The quantitative estimate of drug-likeness (QED) is 0.905. The number of hydrogen-bond donors (Lipinski definition) is 1. The highest BCUT2D eigenvalue weighted by atomic mass is 16.5. The molecule has 1 aromatic carbocycles. The highest BCUT2D eigenvalue weighted by Crippen LogP contribution is 2.17. The van der Waals surface area contributed by atoms with Crippen molar-refractivity contribution in [1.29, 1.82) is 0 Å². The Labute approximate surface area is 114 Å². The van der Waals surface area contributed by atoms with Crippen LogP contribution in [0.5, 0.6) is 0 Å². The van der Waals surface area contributed by atoms with E-state index in [0.29, 0.717) is 13.2 Å². The van der Waals surface area contributed by atoms with Crippen molar-refractivity contribution in [2.75, 3.05) is 31.6 Å². The van der Waals surface area contributed by atoms with E-state index in [2.05, 4.69) is 16.3 Å². The maximum absolute atomic E-state index is 12.3. The first kappa shape index (κ1) is 14.0. The monoisotopic (exact) mass is 262 g/mol. The van der Waals surface area contributed by atoms with Crippen LogP contribution in [0.3, 0.4) is 0 Å². The minimum absolute atomic E-state index is 0.0515. The Kier molecular flexibility index (Phi) is 4.56. The third kappa shape index (κ3) is 3.55. The van der Waals surface area contributed by atoms with Gasteiger partial charge in [-0.2, -0.15) is 0 Å². The Balaban J connectivity index is 2.01. The van der Waals surface area contributed by atoms with Crippen molar-refractivity contribution in [2.24, 2.45) is 0 Å². The van der Waals surface area contributed by atoms with Crippen LogP contribution < -0.4 is 5.32 Å². The number of anilines is 1. The summed E-state index contributed by atoms with van der Waals surface area (Å²) in [7, 11) is 0. The van der Waals surface area contributed by atoms with Crippen LogP contribution in [-0.4, -0.2) is 43.2 Å². The number of carbonyl (C=O) groups is 1. The Hall–Kier alpha value is -1.39. The average Bonchev–Trinajstić information content (AvgIpc) is 2.43. The molecule has 4 nitrogen and oxygen atoms in total. The third-order valence-electron chi connectivity index (χ3n) is 3.62. The van der Waals surface area contributed by atoms with Gasteiger partial charge >= 0.3 is 0 Å². The number of ether oxygens (including phenoxy) is 1. The maximum Gasteiger partial charge on any atom is 0.241 e. The molecule has 104 valence electrons. The number of amides is 1. The Morgan fingerprint density at radius 2 is 2.00 bits per heavy atom. The molecule has 0 aromatic heterocycles. The van der Waals surface area contributed by atoms with E-state index in [1.807, 2.05) is 32.9 Å². The number of nitrogens with one attached hydrogen (secondary N) is 1. The lowest BCUT2D eigenvalue weighted by atomic mass is 10.1. The third-order valence-corrected chi connectivity index (χ3v) is 3.62. The van der Waals surface area contributed by atoms with E-state index in [-0.39, 0.29) is 11.9 Å². The molecule has 0 radical (unpaired) electrons. The second kappa shape index (κ2) is 6.17. The molecule has 1 aliphatic heterocycles. The summed E-state index contributed by atoms with van der Waals surface area (Å²) in [6, 6.07) is 5.98. The van der Waals surface area contributed by atoms with Gasteiger partial charge in [-0.05, 0) is 38.0 Å². The Bertz CT molecular complexity index is 453. The zero-order valence-corrected chi connectivity index (χ0v) is 11.9. The minimum atomic E-state index is -0.121. The summed E-state index contributed by atoms with van der Waals surface area (Å²) in [6.45, 7) is 9.05. The lowest BCUT2D eigenvalue weighted by Crippen LogP contribution is -2.47. The van der Waals surface area contributed by atoms with E-state index in [0.717, 1.165) is 29.9 Å². The molecule has 1 saturated heterocycles. The van der Waals surface area contributed by atoms with Crippen LogP contribution in [-0.2, 0) is 9.53 Å². The van der Waals surface area contributed by atoms with Crippen LogP contribution >= 0.6 is 0 Å². The van der Waals surface area contributed by atoms with Crippen LogP contribution in [0.15, 0.2) is 18.2 Å². The van der Waals surface area contributed by atoms with Gasteiger partial charge in [-0.3, -0.25) is 9.69 Å². The summed E-state index contributed by atoms with van der Waals surface area (Å²) in [5.41, 5.74) is 3.15. The number of nitrogens with zero attached hydrogens (tertiary/aromatic N) is 1. The first-order valence-electron chi connectivity index (χ1n) is 6.78. The van der Waals surface area contributed by atoms with Gasteiger partial charge in [0.2, 0.25) is 5.91 Å². The fourth-order valence-electron chi connectivity index (χ4n) is 2.24. The van der Waals surface area contributed by atoms with Gasteiger partial charge in [0.15, 0.2) is 0 Å². The highest BCUT2D eigenvalue weighted by molar-refractivity contribution is 5.95. The number of carbonyl (C=O) groups excluding carboxylic acids is 1. The fraction of sp³-hybridized carbons (Fsp3) is 0.533. The van der Waals surface area contributed by atoms with Crippen LogP contribution in [0.25, 0.3) is 0 Å². The number of aryl methyl sites for hydroxylation is 2. The normalized spacial score (nSPS) is 18.1. The summed E-state index contributed by atoms with van der Waals surface area (Å²) in [5.74, 6) is 0.0515. The Morgan fingerprint density at radius 1 is 1.32 bits per heavy atom. The van der Waals surface area contributed by atoms with Gasteiger partial charge in [0.25, 0.3) is 0 Å². The first-order chi connectivity index (χ1) is 9.08. The predicted octanol–water partition coefficient (Wildman–Crippen LogP) is 1.96. The van der Waals surface area contributed by atoms with E-state index >= 15 is 0 Å². The summed E-state index contributed by atoms with van der Waals surface area (Å²) in [6.07, 6.45) is 0. The van der Waals surface area contributed by atoms with Crippen molar-refractivity contribution in [3.8, 4) is 0 Å². The van der Waals surface area contributed by atoms with Crippen molar-refractivity contribution in [3.05, 3.63) is 29.3 Å². The molecular weight excluding hydrogens is 240 g/mol. The van der Waals surface area contributed by atoms with Crippen molar-refractivity contribution >= 4 is 11.6 Å². The molecule has 0 bridgehead atoms. The van der Waals surface area contributed by atoms with Crippen molar-refractivity contribution in [1.82, 2.24) is 4.90 Å². The Morgan fingerprint density at radius 3 is 2.68 bits per heavy atom. The van der Waals surface area contributed by atoms with E-state index in [4.69, 9.17) is 4.74 Å². The molecule has 1 atom stereocenters. The second-order valence-corrected chi connectivity index (χ2v) is 5.13. The smallest absolute Gasteiger partial charge is 0.241 e. The molecule has 0 spiro atoms. The fourth-order valence-corrected chi connectivity index (χ4v) is 2.24. The summed E-state index contributed by atoms with van der Waals surface area (Å²) < 4.78 is 5.31. The van der Waals surface area contributed by atoms with Crippen molar-refractivity contribution < 1.29 is 9.53 Å². The van der Waals surface area contributed by atoms with Gasteiger partial charge in [-0.15, -0.1) is 0 Å². The standard InChI is InChI=1S/C15H22N2O2/c1-11-4-5-12(2)14(10-11)16-15(18)13(3)17-6-8-19-9-7-17/h4-5,10,13H,6-9H2,1-3H3,(H,16,18)/t13-/m1/s1. The average molecular weight is 262 g/mol. The molecule has 4 heteroatoms. The molecule has 2 rings (SSSR count). The summed E-state index contributed by atoms with van der Waals surface area (Å²) in [4.78, 5) is 14.4. The first-order valence-corrected chi connectivity index (χ1v) is 6.78. The molecule has 1 aliphatic rings. The van der Waals surface area contributed by atoms with Crippen LogP contribution in [0.2, 0.25) is 0 Å². The number of benzene rings is 1. The number of morpholine rings is 1. The lowest BCUT2D eigenvalue weighted by Gasteiger charge is -2.31. The number of rotatable bonds is 3. The summed E-state index contributed by atoms with van der Waals surface area (Å²) >= 11 is 0. The number of hydrogen-bond acceptors (Lipinski definition) is 3. The van der Waals surface area contributed by atoms with E-state index in [1.54, 1.807) is 0 Å². The van der Waals surface area contributed by atoms with Gasteiger partial charge in [0.05, 0.1) is 19.3 Å². The highest BCUT2D eigenvalue weighted by Gasteiger charge is 2.23. The van der Waals surface area contributed by atoms with Gasteiger partial charge in [-0.25, -0.2) is 0 Å². The van der Waals surface area contributed by atoms with Crippen LogP contribution in [0.4, 0.5) is 5.69 Å². The molecular formula is C15H22N2O2. The molecule has 0 unspecified atom stereocenters. The zero-order valence-electron chi connectivity index (χ0n) is 11.9. The molecule has 1 heterocycles. The molecule has 19 heavy (non-hydrogen) atoms. The maximum atomic E-state index is 12.3. The SMILES string of the molecule is Cc1ccc(C)c(NC(=O)[C@@H](C)N2CCOCC2)c1. The van der Waals surface area contributed by atoms with E-state index in [1.165, 1.54) is 0 Å². The van der Waals surface area contributed by atoms with Gasteiger partial charge in [0, 0.05) is 18.8 Å². The van der Waals surface area contributed by atoms with Gasteiger partial charge in [-0.1, -0.05) is 12.1 Å². The van der Waals surface area contributed by atoms with Crippen molar-refractivity contribution in [2.45, 2.75) is 26.8 Å². The van der Waals surface area contributed by atoms with E-state index < -0.39 is 0 Å². The largest absolute Gasteiger partial charge is 0.379 e. The van der Waals surface area contributed by atoms with E-state index in [9.17, 15) is 4.79 Å². The van der Waals surface area contributed by atoms with Crippen molar-refractivity contribution in [3.63, 3.8) is 0 Å². The van der Waals surface area contributed by atoms with Crippen LogP contribution in [0.1, 0.15) is 18.1 Å².